The minimum absolute atomic E-state index is 0. The molecule has 0 aliphatic heterocycles. The van der Waals surface area contributed by atoms with E-state index >= 15 is 0 Å². The van der Waals surface area contributed by atoms with E-state index < -0.39 is 0 Å². The molecular weight excluding hydrogens is 782 g/mol. The molecule has 3 heterocycles. The molecule has 8 aromatic rings. The number of benzene rings is 5. The molecule has 0 fully saturated rings. The molecule has 0 aliphatic carbocycles. The van der Waals surface area contributed by atoms with Crippen molar-refractivity contribution in [3.8, 4) is 50.8 Å². The summed E-state index contributed by atoms with van der Waals surface area (Å²) in [6.45, 7) is 6.78. The molecule has 5 aromatic carbocycles. The van der Waals surface area contributed by atoms with Crippen molar-refractivity contribution in [1.29, 1.82) is 0 Å². The van der Waals surface area contributed by atoms with Crippen molar-refractivity contribution in [2.45, 2.75) is 26.2 Å². The quantitative estimate of drug-likeness (QED) is 0.157. The van der Waals surface area contributed by atoms with Crippen LogP contribution in [0.2, 0.25) is 0 Å². The van der Waals surface area contributed by atoms with Gasteiger partial charge in [-0.1, -0.05) is 99.6 Å². The molecule has 0 bridgehead atoms. The van der Waals surface area contributed by atoms with Crippen molar-refractivity contribution in [2.75, 3.05) is 0 Å². The third-order valence-corrected chi connectivity index (χ3v) is 8.72. The van der Waals surface area contributed by atoms with Gasteiger partial charge in [0, 0.05) is 51.4 Å². The van der Waals surface area contributed by atoms with Gasteiger partial charge in [0.2, 0.25) is 0 Å². The number of fused-ring (bicyclic) bond motifs is 3. The maximum absolute atomic E-state index is 6.34. The Morgan fingerprint density at radius 2 is 1.33 bits per heavy atom. The molecule has 4 nitrogen and oxygen atoms in total. The number of para-hydroxylation sites is 1. The second-order valence-corrected chi connectivity index (χ2v) is 12.9. The molecule has 240 valence electrons. The fraction of sp³-hybridized carbons (Fsp3) is 0.0909. The standard InChI is InChI=1S/C44H33N3O.Pt/c1-44(2,3)33-22-23-41(38(29-33)30-13-5-4-6-14-30)47-40-21-8-7-19-36(40)37-24-26-46-42(43(37)47)32-16-12-18-35(28-32)48-34-17-11-15-31(27-34)39-20-9-10-25-45-39;/h4-26,29H,1-3H3;/q-2;+2. The number of aromatic nitrogens is 3. The molecule has 0 N–H and O–H groups in total. The van der Waals surface area contributed by atoms with Gasteiger partial charge in [0.1, 0.15) is 0 Å². The van der Waals surface area contributed by atoms with E-state index in [4.69, 9.17) is 9.72 Å². The number of ether oxygens (including phenoxy) is 1. The maximum atomic E-state index is 6.34. The maximum Gasteiger partial charge on any atom is 2.00 e. The summed E-state index contributed by atoms with van der Waals surface area (Å²) < 4.78 is 8.71. The van der Waals surface area contributed by atoms with Gasteiger partial charge in [0.05, 0.1) is 11.2 Å². The molecule has 0 aliphatic rings. The smallest absolute Gasteiger partial charge is 0.497 e. The fourth-order valence-corrected chi connectivity index (χ4v) is 6.35. The van der Waals surface area contributed by atoms with Gasteiger partial charge in [-0.05, 0) is 52.6 Å². The third-order valence-electron chi connectivity index (χ3n) is 8.72. The van der Waals surface area contributed by atoms with Gasteiger partial charge in [-0.15, -0.1) is 47.5 Å². The molecule has 0 radical (unpaired) electrons. The van der Waals surface area contributed by atoms with Crippen molar-refractivity contribution >= 4 is 21.8 Å². The first-order chi connectivity index (χ1) is 23.4. The second kappa shape index (κ2) is 13.3. The Bertz CT molecular complexity index is 2410. The Morgan fingerprint density at radius 3 is 2.08 bits per heavy atom. The Balaban J connectivity index is 0.00000378. The Hall–Kier alpha value is -5.31. The van der Waals surface area contributed by atoms with Crippen molar-refractivity contribution < 1.29 is 25.8 Å². The molecule has 0 amide bonds. The van der Waals surface area contributed by atoms with Gasteiger partial charge in [0.15, 0.2) is 0 Å². The molecule has 0 spiro atoms. The average molecular weight is 815 g/mol. The van der Waals surface area contributed by atoms with Crippen LogP contribution in [0.4, 0.5) is 0 Å². The topological polar surface area (TPSA) is 39.9 Å². The van der Waals surface area contributed by atoms with Crippen LogP contribution >= 0.6 is 0 Å². The van der Waals surface area contributed by atoms with Crippen LogP contribution in [0, 0.1) is 12.1 Å². The van der Waals surface area contributed by atoms with Crippen LogP contribution in [0.1, 0.15) is 26.3 Å². The van der Waals surface area contributed by atoms with E-state index in [1.54, 1.807) is 6.20 Å². The van der Waals surface area contributed by atoms with Gasteiger partial charge < -0.3 is 19.3 Å². The summed E-state index contributed by atoms with van der Waals surface area (Å²) in [4.78, 5) is 9.46. The number of hydrogen-bond acceptors (Lipinski definition) is 3. The molecule has 0 unspecified atom stereocenters. The Morgan fingerprint density at radius 1 is 0.612 bits per heavy atom. The summed E-state index contributed by atoms with van der Waals surface area (Å²) in [5, 5.41) is 2.30. The summed E-state index contributed by atoms with van der Waals surface area (Å²) in [6, 6.07) is 52.7. The van der Waals surface area contributed by atoms with E-state index in [0.717, 1.165) is 44.6 Å². The van der Waals surface area contributed by atoms with E-state index in [2.05, 4.69) is 121 Å². The van der Waals surface area contributed by atoms with Crippen LogP contribution in [0.15, 0.2) is 146 Å². The molecule has 49 heavy (non-hydrogen) atoms. The fourth-order valence-electron chi connectivity index (χ4n) is 6.35. The largest absolute Gasteiger partial charge is 2.00 e. The van der Waals surface area contributed by atoms with Crippen LogP contribution in [0.5, 0.6) is 11.5 Å². The van der Waals surface area contributed by atoms with E-state index in [1.165, 1.54) is 22.1 Å². The predicted molar refractivity (Wildman–Crippen MR) is 196 cm³/mol. The predicted octanol–water partition coefficient (Wildman–Crippen LogP) is 11.3. The summed E-state index contributed by atoms with van der Waals surface area (Å²) in [5.74, 6) is 1.18. The summed E-state index contributed by atoms with van der Waals surface area (Å²) in [5.41, 5.74) is 10.3. The minimum atomic E-state index is -0.000443. The zero-order chi connectivity index (χ0) is 32.7. The summed E-state index contributed by atoms with van der Waals surface area (Å²) in [6.07, 6.45) is 3.67. The minimum Gasteiger partial charge on any atom is -0.497 e. The van der Waals surface area contributed by atoms with Gasteiger partial charge >= 0.3 is 21.1 Å². The molecule has 8 rings (SSSR count). The van der Waals surface area contributed by atoms with E-state index in [0.29, 0.717) is 11.5 Å². The van der Waals surface area contributed by atoms with Gasteiger partial charge in [0.25, 0.3) is 0 Å². The van der Waals surface area contributed by atoms with Crippen LogP contribution in [-0.4, -0.2) is 14.5 Å². The molecule has 0 saturated carbocycles. The normalized spacial score (nSPS) is 11.4. The van der Waals surface area contributed by atoms with E-state index in [-0.39, 0.29) is 26.5 Å². The summed E-state index contributed by atoms with van der Waals surface area (Å²) >= 11 is 0. The number of rotatable bonds is 6. The van der Waals surface area contributed by atoms with E-state index in [1.807, 2.05) is 60.8 Å². The number of nitrogens with zero attached hydrogens (tertiary/aromatic N) is 3. The monoisotopic (exact) mass is 814 g/mol. The summed E-state index contributed by atoms with van der Waals surface area (Å²) in [7, 11) is 0. The van der Waals surface area contributed by atoms with Gasteiger partial charge in [-0.2, -0.15) is 0 Å². The molecule has 0 saturated heterocycles. The van der Waals surface area contributed by atoms with Crippen molar-refractivity contribution in [1.82, 2.24) is 14.5 Å². The van der Waals surface area contributed by atoms with Gasteiger partial charge in [-0.25, -0.2) is 0 Å². The first-order valence-corrected chi connectivity index (χ1v) is 16.2. The molecule has 5 heteroatoms. The zero-order valence-electron chi connectivity index (χ0n) is 27.4. The van der Waals surface area contributed by atoms with Crippen LogP contribution in [-0.2, 0) is 26.5 Å². The first kappa shape index (κ1) is 32.2. The van der Waals surface area contributed by atoms with E-state index in [9.17, 15) is 0 Å². The molecular formula is C44H33N3OPt. The van der Waals surface area contributed by atoms with Crippen molar-refractivity contribution in [3.63, 3.8) is 0 Å². The van der Waals surface area contributed by atoms with Crippen molar-refractivity contribution in [2.24, 2.45) is 0 Å². The average Bonchev–Trinajstić information content (AvgIpc) is 3.46. The third kappa shape index (κ3) is 6.21. The SMILES string of the molecule is CC(C)(C)c1ccc(-n2c3ccccc3c3ccnc(-c4[c-]c(Oc5[c-]c(-c6ccccn6)ccc5)ccc4)c32)c(-c2ccccc2)c1.[Pt+2]. The zero-order valence-corrected chi connectivity index (χ0v) is 29.7. The second-order valence-electron chi connectivity index (χ2n) is 12.9. The molecule has 3 aromatic heterocycles. The van der Waals surface area contributed by atoms with Crippen LogP contribution in [0.3, 0.4) is 0 Å². The van der Waals surface area contributed by atoms with Gasteiger partial charge in [-0.3, -0.25) is 0 Å². The number of hydrogen-bond donors (Lipinski definition) is 0. The van der Waals surface area contributed by atoms with Crippen molar-refractivity contribution in [3.05, 3.63) is 164 Å². The van der Waals surface area contributed by atoms with Crippen LogP contribution in [0.25, 0.3) is 61.1 Å². The Labute approximate surface area is 301 Å². The van der Waals surface area contributed by atoms with Crippen LogP contribution < -0.4 is 4.74 Å². The first-order valence-electron chi connectivity index (χ1n) is 16.2. The Kier molecular flexibility index (Phi) is 8.75. The number of pyridine rings is 2. The molecule has 0 atom stereocenters.